The fraction of sp³-hybridized carbons (Fsp3) is 0.360. The van der Waals surface area contributed by atoms with Crippen molar-refractivity contribution in [3.05, 3.63) is 88.0 Å². The number of nitrogens with one attached hydrogen (secondary N) is 1. The molecule has 0 unspecified atom stereocenters. The molecular weight excluding hydrogens is 449 g/mol. The molecule has 0 saturated carbocycles. The Labute approximate surface area is 222 Å². The second-order valence-electron chi connectivity index (χ2n) is 7.87. The number of halogens is 1. The van der Waals surface area contributed by atoms with Crippen molar-refractivity contribution in [1.29, 1.82) is 0 Å². The molecule has 1 aromatic heterocycles. The van der Waals surface area contributed by atoms with Gasteiger partial charge in [0.2, 0.25) is 0 Å². The van der Waals surface area contributed by atoms with Crippen molar-refractivity contribution in [3.63, 3.8) is 0 Å². The Hall–Kier alpha value is -1.67. The molecule has 3 aromatic rings. The molecular formula is C25H29ClN3NaO3. The van der Waals surface area contributed by atoms with Gasteiger partial charge in [-0.2, -0.15) is 0 Å². The number of benzene rings is 2. The topological polar surface area (TPSA) is 90.2 Å². The van der Waals surface area contributed by atoms with Crippen LogP contribution in [-0.2, 0) is 37.3 Å². The van der Waals surface area contributed by atoms with Crippen LogP contribution in [0, 0.1) is 0 Å². The summed E-state index contributed by atoms with van der Waals surface area (Å²) in [6.07, 6.45) is 3.24. The number of aromatic nitrogens is 2. The zero-order valence-electron chi connectivity index (χ0n) is 19.3. The quantitative estimate of drug-likeness (QED) is 0.355. The molecule has 8 heteroatoms. The van der Waals surface area contributed by atoms with Crippen molar-refractivity contribution in [3.8, 4) is 0 Å². The molecule has 6 nitrogen and oxygen atoms in total. The van der Waals surface area contributed by atoms with E-state index in [2.05, 4.69) is 17.2 Å². The number of aliphatic hydroxyl groups excluding tert-OH is 1. The molecule has 0 radical (unpaired) electrons. The minimum absolute atomic E-state index is 0. The van der Waals surface area contributed by atoms with Crippen LogP contribution in [0.15, 0.2) is 54.6 Å². The van der Waals surface area contributed by atoms with E-state index in [-0.39, 0.29) is 36.2 Å². The number of hydrogen-bond donors (Lipinski definition) is 2. The van der Waals surface area contributed by atoms with Crippen molar-refractivity contribution in [1.82, 2.24) is 14.9 Å². The average molecular weight is 478 g/mol. The molecule has 0 spiro atoms. The van der Waals surface area contributed by atoms with E-state index in [1.54, 1.807) is 0 Å². The maximum Gasteiger partial charge on any atom is 1.00 e. The molecule has 0 bridgehead atoms. The summed E-state index contributed by atoms with van der Waals surface area (Å²) in [6.45, 7) is 2.95. The summed E-state index contributed by atoms with van der Waals surface area (Å²) in [7, 11) is 0. The van der Waals surface area contributed by atoms with E-state index in [0.717, 1.165) is 41.8 Å². The van der Waals surface area contributed by atoms with E-state index >= 15 is 0 Å². The van der Waals surface area contributed by atoms with Crippen LogP contribution in [0.3, 0.4) is 0 Å². The summed E-state index contributed by atoms with van der Waals surface area (Å²) in [4.78, 5) is 16.0. The number of imidazole rings is 1. The van der Waals surface area contributed by atoms with E-state index in [0.29, 0.717) is 30.4 Å². The number of unbranched alkanes of at least 4 members (excludes halogenated alkanes) is 1. The van der Waals surface area contributed by atoms with Gasteiger partial charge in [0.1, 0.15) is 5.82 Å². The van der Waals surface area contributed by atoms with Crippen LogP contribution in [0.2, 0.25) is 5.15 Å². The maximum atomic E-state index is 11.5. The monoisotopic (exact) mass is 477 g/mol. The smallest absolute Gasteiger partial charge is 0.548 e. The van der Waals surface area contributed by atoms with E-state index in [9.17, 15) is 15.0 Å². The third-order valence-electron chi connectivity index (χ3n) is 5.49. The van der Waals surface area contributed by atoms with Crippen molar-refractivity contribution in [2.75, 3.05) is 0 Å². The van der Waals surface area contributed by atoms with Gasteiger partial charge >= 0.3 is 29.6 Å². The molecule has 1 atom stereocenters. The first-order valence-corrected chi connectivity index (χ1v) is 11.3. The Morgan fingerprint density at radius 2 is 1.79 bits per heavy atom. The molecule has 170 valence electrons. The zero-order chi connectivity index (χ0) is 22.9. The first-order valence-electron chi connectivity index (χ1n) is 10.9. The second kappa shape index (κ2) is 13.9. The fourth-order valence-corrected chi connectivity index (χ4v) is 3.90. The first kappa shape index (κ1) is 27.6. The molecule has 0 aliphatic rings. The van der Waals surface area contributed by atoms with E-state index < -0.39 is 12.0 Å². The molecule has 3 rings (SSSR count). The summed E-state index contributed by atoms with van der Waals surface area (Å²) in [5.41, 5.74) is 3.60. The van der Waals surface area contributed by atoms with Crippen molar-refractivity contribution < 1.29 is 44.6 Å². The first-order chi connectivity index (χ1) is 15.5. The van der Waals surface area contributed by atoms with Crippen LogP contribution in [0.1, 0.15) is 48.0 Å². The normalized spacial score (nSPS) is 11.7. The van der Waals surface area contributed by atoms with Gasteiger partial charge in [0, 0.05) is 19.5 Å². The van der Waals surface area contributed by atoms with E-state index in [1.807, 2.05) is 59.2 Å². The number of aryl methyl sites for hydroxylation is 1. The minimum Gasteiger partial charge on any atom is -0.548 e. The maximum absolute atomic E-state index is 11.5. The second-order valence-corrected chi connectivity index (χ2v) is 8.23. The van der Waals surface area contributed by atoms with Gasteiger partial charge in [-0.05, 0) is 29.5 Å². The molecule has 0 amide bonds. The number of carboxylic acids is 1. The van der Waals surface area contributed by atoms with Crippen LogP contribution < -0.4 is 40.0 Å². The van der Waals surface area contributed by atoms with Gasteiger partial charge in [0.15, 0.2) is 5.15 Å². The van der Waals surface area contributed by atoms with Crippen molar-refractivity contribution >= 4 is 17.6 Å². The van der Waals surface area contributed by atoms with Crippen LogP contribution in [0.4, 0.5) is 0 Å². The third-order valence-corrected chi connectivity index (χ3v) is 5.79. The van der Waals surface area contributed by atoms with Gasteiger partial charge in [-0.25, -0.2) is 4.98 Å². The van der Waals surface area contributed by atoms with E-state index in [1.165, 1.54) is 0 Å². The van der Waals surface area contributed by atoms with Gasteiger partial charge in [0.25, 0.3) is 0 Å². The third kappa shape index (κ3) is 7.95. The van der Waals surface area contributed by atoms with Crippen LogP contribution >= 0.6 is 11.6 Å². The van der Waals surface area contributed by atoms with Crippen molar-refractivity contribution in [2.45, 2.75) is 58.3 Å². The predicted molar refractivity (Wildman–Crippen MR) is 123 cm³/mol. The Balaban J connectivity index is 0.00000385. The summed E-state index contributed by atoms with van der Waals surface area (Å²) in [5, 5.41) is 24.7. The molecule has 2 aromatic carbocycles. The Bertz CT molecular complexity index is 1010. The average Bonchev–Trinajstić information content (AvgIpc) is 3.10. The number of hydrogen-bond acceptors (Lipinski definition) is 5. The number of carboxylic acid groups (broad SMARTS) is 1. The molecule has 0 aliphatic carbocycles. The summed E-state index contributed by atoms with van der Waals surface area (Å²) in [6, 6.07) is 16.7. The number of aliphatic hydroxyl groups is 1. The minimum atomic E-state index is -1.11. The van der Waals surface area contributed by atoms with Gasteiger partial charge in [-0.3, -0.25) is 0 Å². The van der Waals surface area contributed by atoms with Gasteiger partial charge < -0.3 is 24.9 Å². The number of carbonyl (C=O) groups is 1. The van der Waals surface area contributed by atoms with Crippen LogP contribution in [0.5, 0.6) is 0 Å². The number of nitrogens with zero attached hydrogens (tertiary/aromatic N) is 2. The van der Waals surface area contributed by atoms with Crippen LogP contribution in [-0.4, -0.2) is 26.7 Å². The zero-order valence-corrected chi connectivity index (χ0v) is 22.0. The molecule has 0 fully saturated rings. The largest absolute Gasteiger partial charge is 1.00 e. The Morgan fingerprint density at radius 3 is 2.39 bits per heavy atom. The van der Waals surface area contributed by atoms with Crippen molar-refractivity contribution in [2.24, 2.45) is 0 Å². The number of aliphatic carboxylic acids is 1. The molecule has 33 heavy (non-hydrogen) atoms. The standard InChI is InChI=1S/C25H30ClN3O3.Na/c1-2-3-9-23-28-24(26)22(17-30)29(23)16-20-12-10-19(11-13-20)15-27-21(25(31)32)14-18-7-5-4-6-8-18;/h4-8,10-13,21,27,30H,2-3,9,14-17H2,1H3,(H,31,32);/q;+1/p-1/t21-;/m1./s1. The number of carbonyl (C=O) groups excluding carboxylic acids is 1. The van der Waals surface area contributed by atoms with E-state index in [4.69, 9.17) is 11.6 Å². The van der Waals surface area contributed by atoms with Crippen LogP contribution in [0.25, 0.3) is 0 Å². The van der Waals surface area contributed by atoms with Gasteiger partial charge in [-0.1, -0.05) is 79.5 Å². The SMILES string of the molecule is CCCCc1nc(Cl)c(CO)n1Cc1ccc(CN[C@H](Cc2ccccc2)C(=O)[O-])cc1.[Na+]. The summed E-state index contributed by atoms with van der Waals surface area (Å²) < 4.78 is 1.98. The summed E-state index contributed by atoms with van der Waals surface area (Å²) in [5.74, 6) is -0.233. The van der Waals surface area contributed by atoms with Gasteiger partial charge in [-0.15, -0.1) is 0 Å². The molecule has 1 heterocycles. The predicted octanol–water partition coefficient (Wildman–Crippen LogP) is -0.125. The van der Waals surface area contributed by atoms with Gasteiger partial charge in [0.05, 0.1) is 24.3 Å². The number of rotatable bonds is 12. The summed E-state index contributed by atoms with van der Waals surface area (Å²) >= 11 is 6.22. The molecule has 0 aliphatic heterocycles. The Kier molecular flexibility index (Phi) is 11.6. The Morgan fingerprint density at radius 1 is 1.12 bits per heavy atom. The molecule has 0 saturated heterocycles. The molecule has 2 N–H and O–H groups in total. The fourth-order valence-electron chi connectivity index (χ4n) is 3.64.